The van der Waals surface area contributed by atoms with Gasteiger partial charge in [-0.05, 0) is 58.3 Å². The molecule has 1 N–H and O–H groups in total. The maximum Gasteiger partial charge on any atom is 0.341 e. The fraction of sp³-hybridized carbons (Fsp3) is 0.300. The minimum Gasteiger partial charge on any atom is -0.465 e. The van der Waals surface area contributed by atoms with Crippen molar-refractivity contribution in [2.75, 3.05) is 12.4 Å². The molecule has 1 unspecified atom stereocenters. The summed E-state index contributed by atoms with van der Waals surface area (Å²) in [4.78, 5) is 26.1. The molecule has 0 bridgehead atoms. The van der Waals surface area contributed by atoms with E-state index in [9.17, 15) is 9.59 Å². The maximum absolute atomic E-state index is 12.6. The lowest BCUT2D eigenvalue weighted by molar-refractivity contribution is -0.112. The second-order valence-corrected chi connectivity index (χ2v) is 8.36. The maximum atomic E-state index is 12.6. The molecule has 6 heteroatoms. The Morgan fingerprint density at radius 1 is 1.31 bits per heavy atom. The van der Waals surface area contributed by atoms with E-state index < -0.39 is 5.97 Å². The number of carbonyl (C=O) groups is 2. The Morgan fingerprint density at radius 2 is 2.04 bits per heavy atom. The summed E-state index contributed by atoms with van der Waals surface area (Å²) in [5.41, 5.74) is 2.45. The van der Waals surface area contributed by atoms with Gasteiger partial charge in [0.2, 0.25) is 0 Å². The molecule has 0 spiro atoms. The molecular weight excluding hydrogens is 414 g/mol. The van der Waals surface area contributed by atoms with Crippen LogP contribution < -0.4 is 5.32 Å². The largest absolute Gasteiger partial charge is 0.465 e. The van der Waals surface area contributed by atoms with E-state index in [1.807, 2.05) is 30.3 Å². The minimum absolute atomic E-state index is 0.286. The zero-order valence-corrected chi connectivity index (χ0v) is 17.1. The SMILES string of the molecule is COC(=O)c1c(NC(=O)/C(Br)=C/c2ccccc2)sc2c1CCC(C)C2. The van der Waals surface area contributed by atoms with Crippen LogP contribution in [0.15, 0.2) is 34.8 Å². The number of hydrogen-bond donors (Lipinski definition) is 1. The summed E-state index contributed by atoms with van der Waals surface area (Å²) in [6, 6.07) is 9.58. The van der Waals surface area contributed by atoms with E-state index in [2.05, 4.69) is 28.2 Å². The van der Waals surface area contributed by atoms with Crippen LogP contribution in [0.1, 0.15) is 39.7 Å². The molecule has 1 aliphatic carbocycles. The van der Waals surface area contributed by atoms with Crippen molar-refractivity contribution in [3.8, 4) is 0 Å². The van der Waals surface area contributed by atoms with Gasteiger partial charge in [0.15, 0.2) is 0 Å². The Balaban J connectivity index is 1.88. The minimum atomic E-state index is -0.393. The summed E-state index contributed by atoms with van der Waals surface area (Å²) >= 11 is 4.82. The van der Waals surface area contributed by atoms with Gasteiger partial charge in [-0.3, -0.25) is 4.79 Å². The summed E-state index contributed by atoms with van der Waals surface area (Å²) in [5, 5.41) is 3.45. The molecule has 1 aromatic carbocycles. The number of thiophene rings is 1. The van der Waals surface area contributed by atoms with Crippen LogP contribution in [0.2, 0.25) is 0 Å². The number of fused-ring (bicyclic) bond motifs is 1. The Labute approximate surface area is 165 Å². The van der Waals surface area contributed by atoms with Crippen molar-refractivity contribution in [1.29, 1.82) is 0 Å². The Kier molecular flexibility index (Phi) is 5.94. The highest BCUT2D eigenvalue weighted by molar-refractivity contribution is 9.12. The number of esters is 1. The van der Waals surface area contributed by atoms with Gasteiger partial charge >= 0.3 is 5.97 Å². The van der Waals surface area contributed by atoms with Crippen LogP contribution in [-0.2, 0) is 22.4 Å². The van der Waals surface area contributed by atoms with Crippen LogP contribution in [0.5, 0.6) is 0 Å². The monoisotopic (exact) mass is 433 g/mol. The van der Waals surface area contributed by atoms with Gasteiger partial charge < -0.3 is 10.1 Å². The second kappa shape index (κ2) is 8.18. The van der Waals surface area contributed by atoms with Crippen molar-refractivity contribution in [3.63, 3.8) is 0 Å². The van der Waals surface area contributed by atoms with E-state index in [0.29, 0.717) is 21.0 Å². The Morgan fingerprint density at radius 3 is 2.73 bits per heavy atom. The van der Waals surface area contributed by atoms with Gasteiger partial charge in [-0.2, -0.15) is 0 Å². The zero-order chi connectivity index (χ0) is 18.7. The van der Waals surface area contributed by atoms with Crippen LogP contribution in [-0.4, -0.2) is 19.0 Å². The van der Waals surface area contributed by atoms with Crippen molar-refractivity contribution in [2.45, 2.75) is 26.2 Å². The molecule has 0 fully saturated rings. The topological polar surface area (TPSA) is 55.4 Å². The number of carbonyl (C=O) groups excluding carboxylic acids is 2. The van der Waals surface area contributed by atoms with Crippen LogP contribution in [0.4, 0.5) is 5.00 Å². The molecule has 2 aromatic rings. The summed E-state index contributed by atoms with van der Waals surface area (Å²) < 4.78 is 5.36. The van der Waals surface area contributed by atoms with Gasteiger partial charge in [-0.15, -0.1) is 11.3 Å². The molecule has 1 atom stereocenters. The lowest BCUT2D eigenvalue weighted by Crippen LogP contribution is -2.15. The molecule has 0 saturated heterocycles. The van der Waals surface area contributed by atoms with Crippen LogP contribution in [0.3, 0.4) is 0 Å². The fourth-order valence-corrected chi connectivity index (χ4v) is 4.84. The summed E-state index contributed by atoms with van der Waals surface area (Å²) in [7, 11) is 1.37. The predicted molar refractivity (Wildman–Crippen MR) is 109 cm³/mol. The van der Waals surface area contributed by atoms with Crippen LogP contribution in [0.25, 0.3) is 6.08 Å². The number of benzene rings is 1. The lowest BCUT2D eigenvalue weighted by atomic mass is 9.88. The first-order chi connectivity index (χ1) is 12.5. The van der Waals surface area contributed by atoms with E-state index in [1.54, 1.807) is 6.08 Å². The molecule has 26 heavy (non-hydrogen) atoms. The first-order valence-corrected chi connectivity index (χ1v) is 10.1. The van der Waals surface area contributed by atoms with Gasteiger partial charge in [0.05, 0.1) is 17.2 Å². The van der Waals surface area contributed by atoms with E-state index in [4.69, 9.17) is 4.74 Å². The molecule has 1 aromatic heterocycles. The highest BCUT2D eigenvalue weighted by Crippen LogP contribution is 2.40. The van der Waals surface area contributed by atoms with E-state index in [0.717, 1.165) is 30.4 Å². The van der Waals surface area contributed by atoms with Gasteiger partial charge in [0.25, 0.3) is 5.91 Å². The normalized spacial score (nSPS) is 16.7. The average molecular weight is 434 g/mol. The fourth-order valence-electron chi connectivity index (χ4n) is 3.08. The average Bonchev–Trinajstić information content (AvgIpc) is 2.98. The molecule has 0 aliphatic heterocycles. The van der Waals surface area contributed by atoms with Crippen LogP contribution in [0, 0.1) is 5.92 Å². The molecule has 136 valence electrons. The van der Waals surface area contributed by atoms with E-state index in [1.165, 1.54) is 23.3 Å². The van der Waals surface area contributed by atoms with E-state index >= 15 is 0 Å². The number of halogens is 1. The number of rotatable bonds is 4. The third-order valence-electron chi connectivity index (χ3n) is 4.44. The molecular formula is C20H20BrNO3S. The third kappa shape index (κ3) is 4.07. The number of anilines is 1. The summed E-state index contributed by atoms with van der Waals surface area (Å²) in [5.74, 6) is -0.0962. The zero-order valence-electron chi connectivity index (χ0n) is 14.7. The standard InChI is InChI=1S/C20H20BrNO3S/c1-12-8-9-14-16(10-12)26-19(17(14)20(24)25-2)22-18(23)15(21)11-13-6-4-3-5-7-13/h3-7,11-12H,8-10H2,1-2H3,(H,22,23)/b15-11-. The molecule has 0 radical (unpaired) electrons. The smallest absolute Gasteiger partial charge is 0.341 e. The molecule has 1 heterocycles. The van der Waals surface area contributed by atoms with Crippen molar-refractivity contribution in [1.82, 2.24) is 0 Å². The first kappa shape index (κ1) is 18.9. The molecule has 4 nitrogen and oxygen atoms in total. The van der Waals surface area contributed by atoms with Gasteiger partial charge in [-0.1, -0.05) is 37.3 Å². The second-order valence-electron chi connectivity index (χ2n) is 6.40. The third-order valence-corrected chi connectivity index (χ3v) is 6.20. The highest BCUT2D eigenvalue weighted by atomic mass is 79.9. The van der Waals surface area contributed by atoms with Gasteiger partial charge in [0, 0.05) is 4.88 Å². The van der Waals surface area contributed by atoms with Gasteiger partial charge in [-0.25, -0.2) is 4.79 Å². The Hall–Kier alpha value is -1.92. The molecule has 1 aliphatic rings. The number of amides is 1. The number of ether oxygens (including phenoxy) is 1. The number of methoxy groups -OCH3 is 1. The lowest BCUT2D eigenvalue weighted by Gasteiger charge is -2.18. The first-order valence-electron chi connectivity index (χ1n) is 8.46. The Bertz CT molecular complexity index is 857. The summed E-state index contributed by atoms with van der Waals surface area (Å²) in [6.07, 6.45) is 4.57. The highest BCUT2D eigenvalue weighted by Gasteiger charge is 2.29. The quantitative estimate of drug-likeness (QED) is 0.542. The molecule has 3 rings (SSSR count). The predicted octanol–water partition coefficient (Wildman–Crippen LogP) is 5.03. The molecule has 1 amide bonds. The van der Waals surface area contributed by atoms with Crippen LogP contribution >= 0.6 is 27.3 Å². The summed E-state index contributed by atoms with van der Waals surface area (Å²) in [6.45, 7) is 2.21. The number of nitrogens with one attached hydrogen (secondary N) is 1. The van der Waals surface area contributed by atoms with Crippen molar-refractivity contribution >= 4 is 50.2 Å². The van der Waals surface area contributed by atoms with Crippen molar-refractivity contribution in [3.05, 3.63) is 56.4 Å². The van der Waals surface area contributed by atoms with Crippen molar-refractivity contribution in [2.24, 2.45) is 5.92 Å². The van der Waals surface area contributed by atoms with Crippen molar-refractivity contribution < 1.29 is 14.3 Å². The van der Waals surface area contributed by atoms with E-state index in [-0.39, 0.29) is 5.91 Å². The van der Waals surface area contributed by atoms with Gasteiger partial charge in [0.1, 0.15) is 5.00 Å². The number of hydrogen-bond acceptors (Lipinski definition) is 4. The molecule has 0 saturated carbocycles.